The number of rotatable bonds is 4. The maximum Gasteiger partial charge on any atom is 0.409 e. The summed E-state index contributed by atoms with van der Waals surface area (Å²) in [4.78, 5) is 26.9. The number of piperazine rings is 1. The molecule has 0 spiro atoms. The number of carbonyl (C=O) groups is 2. The number of nitrogens with one attached hydrogen (secondary N) is 1. The zero-order valence-electron chi connectivity index (χ0n) is 12.8. The van der Waals surface area contributed by atoms with Crippen LogP contribution in [0.15, 0.2) is 18.2 Å². The Kier molecular flexibility index (Phi) is 5.86. The molecule has 1 heterocycles. The van der Waals surface area contributed by atoms with Gasteiger partial charge in [0, 0.05) is 44.8 Å². The maximum atomic E-state index is 13.1. The Labute approximate surface area is 133 Å². The maximum absolute atomic E-state index is 13.1. The summed E-state index contributed by atoms with van der Waals surface area (Å²) in [5, 5.41) is 2.66. The Hall–Kier alpha value is -2.22. The summed E-state index contributed by atoms with van der Waals surface area (Å²) in [5.74, 6) is -2.47. The summed E-state index contributed by atoms with van der Waals surface area (Å²) in [7, 11) is 1.35. The van der Waals surface area contributed by atoms with Crippen LogP contribution in [0.4, 0.5) is 13.6 Å². The molecule has 1 aromatic rings. The molecule has 8 heteroatoms. The number of hydrogen-bond acceptors (Lipinski definition) is 4. The number of amides is 2. The van der Waals surface area contributed by atoms with Crippen LogP contribution in [-0.4, -0.2) is 68.2 Å². The van der Waals surface area contributed by atoms with Gasteiger partial charge in [0.25, 0.3) is 5.91 Å². The SMILES string of the molecule is COC(=O)N1CCN(CCNC(=O)c2ccc(F)c(F)c2)CC1. The Morgan fingerprint density at radius 3 is 2.48 bits per heavy atom. The van der Waals surface area contributed by atoms with Gasteiger partial charge >= 0.3 is 6.09 Å². The number of nitrogens with zero attached hydrogens (tertiary/aromatic N) is 2. The summed E-state index contributed by atoms with van der Waals surface area (Å²) in [6.45, 7) is 3.53. The van der Waals surface area contributed by atoms with Crippen molar-refractivity contribution >= 4 is 12.0 Å². The molecule has 1 saturated heterocycles. The van der Waals surface area contributed by atoms with Crippen molar-refractivity contribution in [2.75, 3.05) is 46.4 Å². The third-order valence-corrected chi connectivity index (χ3v) is 3.70. The Morgan fingerprint density at radius 1 is 1.17 bits per heavy atom. The van der Waals surface area contributed by atoms with Crippen LogP contribution in [0.1, 0.15) is 10.4 Å². The lowest BCUT2D eigenvalue weighted by Gasteiger charge is -2.33. The summed E-state index contributed by atoms with van der Waals surface area (Å²) in [6.07, 6.45) is -0.337. The smallest absolute Gasteiger partial charge is 0.409 e. The number of carbonyl (C=O) groups excluding carboxylic acids is 2. The van der Waals surface area contributed by atoms with Crippen molar-refractivity contribution in [1.82, 2.24) is 15.1 Å². The molecule has 0 saturated carbocycles. The second-order valence-electron chi connectivity index (χ2n) is 5.18. The predicted octanol–water partition coefficient (Wildman–Crippen LogP) is 1.08. The molecule has 1 fully saturated rings. The van der Waals surface area contributed by atoms with Crippen LogP contribution in [0.2, 0.25) is 0 Å². The molecule has 1 aliphatic rings. The highest BCUT2D eigenvalue weighted by atomic mass is 19.2. The molecule has 1 aromatic carbocycles. The Morgan fingerprint density at radius 2 is 1.87 bits per heavy atom. The van der Waals surface area contributed by atoms with Crippen LogP contribution in [0.5, 0.6) is 0 Å². The summed E-state index contributed by atoms with van der Waals surface area (Å²) < 4.78 is 30.6. The van der Waals surface area contributed by atoms with E-state index in [0.717, 1.165) is 12.1 Å². The van der Waals surface area contributed by atoms with Crippen LogP contribution < -0.4 is 5.32 Å². The average molecular weight is 327 g/mol. The first-order valence-electron chi connectivity index (χ1n) is 7.29. The minimum absolute atomic E-state index is 0.0828. The van der Waals surface area contributed by atoms with Crippen molar-refractivity contribution in [3.8, 4) is 0 Å². The van der Waals surface area contributed by atoms with Crippen LogP contribution in [-0.2, 0) is 4.74 Å². The molecular formula is C15H19F2N3O3. The van der Waals surface area contributed by atoms with Crippen LogP contribution >= 0.6 is 0 Å². The highest BCUT2D eigenvalue weighted by molar-refractivity contribution is 5.94. The van der Waals surface area contributed by atoms with E-state index in [9.17, 15) is 18.4 Å². The molecule has 0 unspecified atom stereocenters. The number of halogens is 2. The minimum atomic E-state index is -1.04. The monoisotopic (exact) mass is 327 g/mol. The van der Waals surface area contributed by atoms with Gasteiger partial charge in [0.1, 0.15) is 0 Å². The van der Waals surface area contributed by atoms with Crippen molar-refractivity contribution < 1.29 is 23.1 Å². The van der Waals surface area contributed by atoms with Gasteiger partial charge in [-0.1, -0.05) is 0 Å². The lowest BCUT2D eigenvalue weighted by atomic mass is 10.2. The molecule has 0 aliphatic carbocycles. The summed E-state index contributed by atoms with van der Waals surface area (Å²) in [6, 6.07) is 3.04. The lowest BCUT2D eigenvalue weighted by molar-refractivity contribution is 0.0884. The third-order valence-electron chi connectivity index (χ3n) is 3.70. The lowest BCUT2D eigenvalue weighted by Crippen LogP contribution is -2.50. The van der Waals surface area contributed by atoms with E-state index in [1.165, 1.54) is 13.2 Å². The first-order valence-corrected chi connectivity index (χ1v) is 7.29. The average Bonchev–Trinajstić information content (AvgIpc) is 2.57. The second-order valence-corrected chi connectivity index (χ2v) is 5.18. The van der Waals surface area contributed by atoms with Crippen molar-refractivity contribution in [2.45, 2.75) is 0 Å². The fourth-order valence-electron chi connectivity index (χ4n) is 2.35. The Balaban J connectivity index is 1.72. The highest BCUT2D eigenvalue weighted by Gasteiger charge is 2.21. The van der Waals surface area contributed by atoms with Gasteiger partial charge in [0.2, 0.25) is 0 Å². The zero-order chi connectivity index (χ0) is 16.8. The van der Waals surface area contributed by atoms with E-state index < -0.39 is 17.5 Å². The fourth-order valence-corrected chi connectivity index (χ4v) is 2.35. The normalized spacial score (nSPS) is 15.3. The van der Waals surface area contributed by atoms with E-state index in [0.29, 0.717) is 39.3 Å². The standard InChI is InChI=1S/C15H19F2N3O3/c1-23-15(22)20-8-6-19(7-9-20)5-4-18-14(21)11-2-3-12(16)13(17)10-11/h2-3,10H,4-9H2,1H3,(H,18,21). The quantitative estimate of drug-likeness (QED) is 0.899. The molecule has 6 nitrogen and oxygen atoms in total. The zero-order valence-corrected chi connectivity index (χ0v) is 12.8. The van der Waals surface area contributed by atoms with Gasteiger partial charge in [-0.3, -0.25) is 9.69 Å². The molecule has 0 atom stereocenters. The van der Waals surface area contributed by atoms with Gasteiger partial charge in [0.15, 0.2) is 11.6 Å². The van der Waals surface area contributed by atoms with Crippen LogP contribution in [0.3, 0.4) is 0 Å². The van der Waals surface area contributed by atoms with Crippen LogP contribution in [0, 0.1) is 11.6 Å². The van der Waals surface area contributed by atoms with Gasteiger partial charge in [-0.2, -0.15) is 0 Å². The number of hydrogen-bond donors (Lipinski definition) is 1. The van der Waals surface area contributed by atoms with E-state index in [-0.39, 0.29) is 11.7 Å². The fraction of sp³-hybridized carbons (Fsp3) is 0.467. The van der Waals surface area contributed by atoms with Gasteiger partial charge < -0.3 is 15.0 Å². The van der Waals surface area contributed by atoms with E-state index in [1.54, 1.807) is 4.90 Å². The molecule has 0 aromatic heterocycles. The summed E-state index contributed by atoms with van der Waals surface area (Å²) >= 11 is 0. The topological polar surface area (TPSA) is 61.9 Å². The summed E-state index contributed by atoms with van der Waals surface area (Å²) in [5.41, 5.74) is 0.0828. The van der Waals surface area contributed by atoms with Gasteiger partial charge in [0.05, 0.1) is 7.11 Å². The first kappa shape index (κ1) is 17.1. The van der Waals surface area contributed by atoms with Crippen molar-refractivity contribution in [3.63, 3.8) is 0 Å². The third kappa shape index (κ3) is 4.62. The molecule has 1 aliphatic heterocycles. The minimum Gasteiger partial charge on any atom is -0.453 e. The molecular weight excluding hydrogens is 308 g/mol. The molecule has 0 radical (unpaired) electrons. The van der Waals surface area contributed by atoms with E-state index >= 15 is 0 Å². The van der Waals surface area contributed by atoms with Crippen molar-refractivity contribution in [3.05, 3.63) is 35.4 Å². The molecule has 23 heavy (non-hydrogen) atoms. The van der Waals surface area contributed by atoms with Gasteiger partial charge in [-0.15, -0.1) is 0 Å². The molecule has 2 rings (SSSR count). The Bertz CT molecular complexity index is 575. The first-order chi connectivity index (χ1) is 11.0. The van der Waals surface area contributed by atoms with Crippen LogP contribution in [0.25, 0.3) is 0 Å². The van der Waals surface area contributed by atoms with E-state index in [2.05, 4.69) is 15.0 Å². The van der Waals surface area contributed by atoms with E-state index in [4.69, 9.17) is 0 Å². The largest absolute Gasteiger partial charge is 0.453 e. The second kappa shape index (κ2) is 7.87. The van der Waals surface area contributed by atoms with Gasteiger partial charge in [-0.05, 0) is 18.2 Å². The molecule has 0 bridgehead atoms. The number of ether oxygens (including phenoxy) is 1. The van der Waals surface area contributed by atoms with Gasteiger partial charge in [-0.25, -0.2) is 13.6 Å². The van der Waals surface area contributed by atoms with Crippen molar-refractivity contribution in [2.24, 2.45) is 0 Å². The number of benzene rings is 1. The van der Waals surface area contributed by atoms with Crippen molar-refractivity contribution in [1.29, 1.82) is 0 Å². The highest BCUT2D eigenvalue weighted by Crippen LogP contribution is 2.08. The predicted molar refractivity (Wildman–Crippen MR) is 79.1 cm³/mol. The number of methoxy groups -OCH3 is 1. The molecule has 126 valence electrons. The molecule has 1 N–H and O–H groups in total. The van der Waals surface area contributed by atoms with E-state index in [1.807, 2.05) is 0 Å². The molecule has 2 amide bonds.